The van der Waals surface area contributed by atoms with Crippen molar-refractivity contribution in [1.29, 1.82) is 0 Å². The Balaban J connectivity index is 1.79. The fourth-order valence-corrected chi connectivity index (χ4v) is 3.73. The van der Waals surface area contributed by atoms with Crippen molar-refractivity contribution in [3.8, 4) is 0 Å². The number of rotatable bonds is 4. The van der Waals surface area contributed by atoms with Crippen LogP contribution in [0.2, 0.25) is 0 Å². The standard InChI is InChI=1S/C22H22N2O2/c1-2-16-10-12-18(13-11-16)24-21(25)19(17-8-4-3-5-9-17)20(22(24)26)23-14-6-7-15-23/h3-5,8-13H,2,6-7,14-15H2,1H3. The maximum atomic E-state index is 13.3. The summed E-state index contributed by atoms with van der Waals surface area (Å²) in [6.07, 6.45) is 3.03. The van der Waals surface area contributed by atoms with Crippen LogP contribution in [0.3, 0.4) is 0 Å². The Morgan fingerprint density at radius 1 is 0.846 bits per heavy atom. The number of hydrogen-bond donors (Lipinski definition) is 0. The molecule has 0 atom stereocenters. The average Bonchev–Trinajstić information content (AvgIpc) is 3.29. The topological polar surface area (TPSA) is 40.6 Å². The Kier molecular flexibility index (Phi) is 4.33. The Labute approximate surface area is 153 Å². The minimum atomic E-state index is -0.229. The SMILES string of the molecule is CCc1ccc(N2C(=O)C(c3ccccc3)=C(N3CCCC3)C2=O)cc1. The molecule has 0 spiro atoms. The highest BCUT2D eigenvalue weighted by Crippen LogP contribution is 2.36. The van der Waals surface area contributed by atoms with Crippen LogP contribution in [0.4, 0.5) is 5.69 Å². The van der Waals surface area contributed by atoms with Gasteiger partial charge in [0.15, 0.2) is 0 Å². The van der Waals surface area contributed by atoms with E-state index in [1.165, 1.54) is 10.5 Å². The van der Waals surface area contributed by atoms with Crippen LogP contribution in [0.25, 0.3) is 5.57 Å². The van der Waals surface area contributed by atoms with E-state index in [0.717, 1.165) is 37.9 Å². The minimum absolute atomic E-state index is 0.208. The summed E-state index contributed by atoms with van der Waals surface area (Å²) in [5.41, 5.74) is 3.71. The van der Waals surface area contributed by atoms with Crippen LogP contribution in [0.5, 0.6) is 0 Å². The van der Waals surface area contributed by atoms with E-state index in [1.807, 2.05) is 54.6 Å². The first kappa shape index (κ1) is 16.6. The van der Waals surface area contributed by atoms with Crippen LogP contribution in [-0.2, 0) is 16.0 Å². The smallest absolute Gasteiger partial charge is 0.282 e. The van der Waals surface area contributed by atoms with Gasteiger partial charge in [0.1, 0.15) is 5.70 Å². The number of carbonyl (C=O) groups is 2. The first-order valence-electron chi connectivity index (χ1n) is 9.23. The van der Waals surface area contributed by atoms with E-state index < -0.39 is 0 Å². The zero-order valence-electron chi connectivity index (χ0n) is 14.9. The van der Waals surface area contributed by atoms with E-state index in [4.69, 9.17) is 0 Å². The molecule has 2 amide bonds. The Bertz CT molecular complexity index is 863. The van der Waals surface area contributed by atoms with Crippen molar-refractivity contribution < 1.29 is 9.59 Å². The summed E-state index contributed by atoms with van der Waals surface area (Å²) in [5, 5.41) is 0. The van der Waals surface area contributed by atoms with Gasteiger partial charge in [-0.15, -0.1) is 0 Å². The van der Waals surface area contributed by atoms with Gasteiger partial charge in [-0.25, -0.2) is 4.90 Å². The number of nitrogens with zero attached hydrogens (tertiary/aromatic N) is 2. The van der Waals surface area contributed by atoms with Crippen LogP contribution in [0.1, 0.15) is 30.9 Å². The van der Waals surface area contributed by atoms with Gasteiger partial charge in [-0.2, -0.15) is 0 Å². The molecular weight excluding hydrogens is 324 g/mol. The highest BCUT2D eigenvalue weighted by Gasteiger charge is 2.42. The van der Waals surface area contributed by atoms with E-state index in [-0.39, 0.29) is 11.8 Å². The zero-order valence-corrected chi connectivity index (χ0v) is 14.9. The summed E-state index contributed by atoms with van der Waals surface area (Å²) in [6, 6.07) is 17.2. The molecular formula is C22H22N2O2. The highest BCUT2D eigenvalue weighted by atomic mass is 16.2. The third-order valence-electron chi connectivity index (χ3n) is 5.15. The maximum absolute atomic E-state index is 13.3. The molecule has 4 nitrogen and oxygen atoms in total. The molecule has 26 heavy (non-hydrogen) atoms. The number of carbonyl (C=O) groups excluding carboxylic acids is 2. The minimum Gasteiger partial charge on any atom is -0.366 e. The number of hydrogen-bond acceptors (Lipinski definition) is 3. The fourth-order valence-electron chi connectivity index (χ4n) is 3.73. The van der Waals surface area contributed by atoms with Gasteiger partial charge in [0.2, 0.25) is 0 Å². The van der Waals surface area contributed by atoms with Gasteiger partial charge < -0.3 is 4.90 Å². The van der Waals surface area contributed by atoms with Gasteiger partial charge in [0.05, 0.1) is 11.3 Å². The van der Waals surface area contributed by atoms with Crippen LogP contribution in [0, 0.1) is 0 Å². The second kappa shape index (κ2) is 6.79. The molecule has 1 fully saturated rings. The van der Waals surface area contributed by atoms with E-state index in [0.29, 0.717) is 17.0 Å². The van der Waals surface area contributed by atoms with Gasteiger partial charge in [-0.1, -0.05) is 49.4 Å². The lowest BCUT2D eigenvalue weighted by atomic mass is 10.0. The van der Waals surface area contributed by atoms with Crippen LogP contribution < -0.4 is 4.90 Å². The van der Waals surface area contributed by atoms with Crippen LogP contribution in [0.15, 0.2) is 60.3 Å². The van der Waals surface area contributed by atoms with Crippen molar-refractivity contribution in [3.63, 3.8) is 0 Å². The van der Waals surface area contributed by atoms with Gasteiger partial charge in [0, 0.05) is 13.1 Å². The predicted molar refractivity (Wildman–Crippen MR) is 102 cm³/mol. The largest absolute Gasteiger partial charge is 0.366 e. The Hall–Kier alpha value is -2.88. The van der Waals surface area contributed by atoms with Crippen molar-refractivity contribution in [3.05, 3.63) is 71.4 Å². The highest BCUT2D eigenvalue weighted by molar-refractivity contribution is 6.45. The molecule has 1 saturated heterocycles. The number of amides is 2. The third kappa shape index (κ3) is 2.71. The van der Waals surface area contributed by atoms with Crippen LogP contribution >= 0.6 is 0 Å². The first-order chi connectivity index (χ1) is 12.7. The molecule has 0 unspecified atom stereocenters. The molecule has 0 saturated carbocycles. The summed E-state index contributed by atoms with van der Waals surface area (Å²) in [7, 11) is 0. The number of likely N-dealkylation sites (tertiary alicyclic amines) is 1. The predicted octanol–water partition coefficient (Wildman–Crippen LogP) is 3.63. The normalized spacial score (nSPS) is 17.6. The first-order valence-corrected chi connectivity index (χ1v) is 9.23. The summed E-state index contributed by atoms with van der Waals surface area (Å²) >= 11 is 0. The summed E-state index contributed by atoms with van der Waals surface area (Å²) < 4.78 is 0. The molecule has 4 rings (SSSR count). The monoisotopic (exact) mass is 346 g/mol. The van der Waals surface area contributed by atoms with Crippen molar-refractivity contribution >= 4 is 23.1 Å². The number of anilines is 1. The molecule has 0 radical (unpaired) electrons. The molecule has 2 aromatic rings. The third-order valence-corrected chi connectivity index (χ3v) is 5.15. The maximum Gasteiger partial charge on any atom is 0.282 e. The second-order valence-corrected chi connectivity index (χ2v) is 6.75. The van der Waals surface area contributed by atoms with Gasteiger partial charge in [0.25, 0.3) is 11.8 Å². The van der Waals surface area contributed by atoms with Crippen molar-refractivity contribution in [2.24, 2.45) is 0 Å². The Morgan fingerprint density at radius 3 is 2.12 bits per heavy atom. The van der Waals surface area contributed by atoms with E-state index in [2.05, 4.69) is 11.8 Å². The lowest BCUT2D eigenvalue weighted by molar-refractivity contribution is -0.120. The molecule has 2 aliphatic heterocycles. The van der Waals surface area contributed by atoms with Gasteiger partial charge in [-0.3, -0.25) is 9.59 Å². The average molecular weight is 346 g/mol. The lowest BCUT2D eigenvalue weighted by Gasteiger charge is -2.20. The second-order valence-electron chi connectivity index (χ2n) is 6.75. The molecule has 2 aromatic carbocycles. The van der Waals surface area contributed by atoms with Crippen molar-refractivity contribution in [2.75, 3.05) is 18.0 Å². The number of benzene rings is 2. The molecule has 2 aliphatic rings. The van der Waals surface area contributed by atoms with Crippen molar-refractivity contribution in [2.45, 2.75) is 26.2 Å². The van der Waals surface area contributed by atoms with Gasteiger partial charge in [-0.05, 0) is 42.5 Å². The summed E-state index contributed by atoms with van der Waals surface area (Å²) in [4.78, 5) is 29.9. The van der Waals surface area contributed by atoms with E-state index >= 15 is 0 Å². The Morgan fingerprint density at radius 2 is 1.50 bits per heavy atom. The molecule has 4 heteroatoms. The number of aryl methyl sites for hydroxylation is 1. The molecule has 0 aromatic heterocycles. The fraction of sp³-hybridized carbons (Fsp3) is 0.273. The van der Waals surface area contributed by atoms with Crippen molar-refractivity contribution in [1.82, 2.24) is 4.90 Å². The number of imide groups is 1. The van der Waals surface area contributed by atoms with Crippen LogP contribution in [-0.4, -0.2) is 29.8 Å². The molecule has 0 bridgehead atoms. The molecule has 2 heterocycles. The van der Waals surface area contributed by atoms with E-state index in [1.54, 1.807) is 0 Å². The zero-order chi connectivity index (χ0) is 18.1. The lowest BCUT2D eigenvalue weighted by Crippen LogP contribution is -2.34. The quantitative estimate of drug-likeness (QED) is 0.794. The molecule has 0 N–H and O–H groups in total. The van der Waals surface area contributed by atoms with E-state index in [9.17, 15) is 9.59 Å². The molecule has 0 aliphatic carbocycles. The van der Waals surface area contributed by atoms with Gasteiger partial charge >= 0.3 is 0 Å². The summed E-state index contributed by atoms with van der Waals surface area (Å²) in [6.45, 7) is 3.74. The molecule has 132 valence electrons. The summed E-state index contributed by atoms with van der Waals surface area (Å²) in [5.74, 6) is -0.438.